The van der Waals surface area contributed by atoms with Gasteiger partial charge in [-0.2, -0.15) is 0 Å². The zero-order valence-electron chi connectivity index (χ0n) is 15.7. The van der Waals surface area contributed by atoms with Gasteiger partial charge in [0.25, 0.3) is 5.69 Å². The van der Waals surface area contributed by atoms with Crippen molar-refractivity contribution in [2.24, 2.45) is 11.8 Å². The summed E-state index contributed by atoms with van der Waals surface area (Å²) < 4.78 is 5.38. The average molecular weight is 406 g/mol. The van der Waals surface area contributed by atoms with E-state index >= 15 is 0 Å². The summed E-state index contributed by atoms with van der Waals surface area (Å²) in [5.41, 5.74) is 0.853. The molecule has 0 saturated carbocycles. The molecule has 1 aromatic rings. The molecule has 2 heterocycles. The number of rotatable bonds is 8. The smallest absolute Gasteiger partial charge is 0.356 e. The second kappa shape index (κ2) is 8.32. The zero-order chi connectivity index (χ0) is 20.4. The standard InChI is InChI=1S/C19H22N2O6S/c1-11(2)16-14-9-15(28-8-7-22)17(20(14)18(16)23)19(24)27-10-12-3-5-13(6-4-12)21(25)26/h3-6,11,14,16,22H,7-10H2,1-2H3. The first-order valence-corrected chi connectivity index (χ1v) is 10.0. The Morgan fingerprint density at radius 2 is 2.07 bits per heavy atom. The van der Waals surface area contributed by atoms with E-state index in [-0.39, 0.29) is 48.4 Å². The first-order chi connectivity index (χ1) is 13.3. The van der Waals surface area contributed by atoms with Crippen LogP contribution in [0.4, 0.5) is 5.69 Å². The van der Waals surface area contributed by atoms with Crippen LogP contribution in [0.3, 0.4) is 0 Å². The number of nitro groups is 1. The van der Waals surface area contributed by atoms with Crippen LogP contribution in [-0.2, 0) is 20.9 Å². The van der Waals surface area contributed by atoms with Gasteiger partial charge in [-0.15, -0.1) is 11.8 Å². The molecule has 1 aromatic carbocycles. The maximum absolute atomic E-state index is 12.7. The number of carbonyl (C=O) groups excluding carboxylic acids is 2. The van der Waals surface area contributed by atoms with E-state index in [0.717, 1.165) is 4.91 Å². The fourth-order valence-electron chi connectivity index (χ4n) is 3.65. The number of fused-ring (bicyclic) bond motifs is 1. The molecule has 0 spiro atoms. The minimum absolute atomic E-state index is 0.0223. The van der Waals surface area contributed by atoms with Crippen LogP contribution in [0.1, 0.15) is 25.8 Å². The number of thioether (sulfide) groups is 1. The first-order valence-electron chi connectivity index (χ1n) is 9.05. The van der Waals surface area contributed by atoms with E-state index < -0.39 is 10.9 Å². The molecule has 0 radical (unpaired) electrons. The molecule has 0 bridgehead atoms. The fraction of sp³-hybridized carbons (Fsp3) is 0.474. The number of esters is 1. The van der Waals surface area contributed by atoms with Crippen molar-refractivity contribution in [3.05, 3.63) is 50.5 Å². The van der Waals surface area contributed by atoms with Crippen molar-refractivity contribution >= 4 is 29.3 Å². The molecule has 1 amide bonds. The lowest BCUT2D eigenvalue weighted by molar-refractivity contribution is -0.384. The predicted octanol–water partition coefficient (Wildman–Crippen LogP) is 2.46. The lowest BCUT2D eigenvalue weighted by atomic mass is 9.79. The van der Waals surface area contributed by atoms with E-state index in [1.807, 2.05) is 13.8 Å². The molecule has 9 heteroatoms. The van der Waals surface area contributed by atoms with Crippen LogP contribution in [-0.4, -0.2) is 45.2 Å². The molecule has 2 aliphatic heterocycles. The van der Waals surface area contributed by atoms with Gasteiger partial charge in [-0.3, -0.25) is 14.9 Å². The Morgan fingerprint density at radius 1 is 1.39 bits per heavy atom. The van der Waals surface area contributed by atoms with Crippen LogP contribution >= 0.6 is 11.8 Å². The van der Waals surface area contributed by atoms with Crippen molar-refractivity contribution in [3.8, 4) is 0 Å². The van der Waals surface area contributed by atoms with E-state index in [9.17, 15) is 19.7 Å². The van der Waals surface area contributed by atoms with E-state index in [0.29, 0.717) is 17.7 Å². The van der Waals surface area contributed by atoms with Crippen molar-refractivity contribution in [3.63, 3.8) is 0 Å². The molecule has 0 aliphatic carbocycles. The van der Waals surface area contributed by atoms with Crippen LogP contribution in [0, 0.1) is 22.0 Å². The number of aliphatic hydroxyl groups is 1. The Balaban J connectivity index is 1.72. The maximum atomic E-state index is 12.7. The summed E-state index contributed by atoms with van der Waals surface area (Å²) >= 11 is 1.37. The third-order valence-corrected chi connectivity index (χ3v) is 6.06. The number of β-lactam (4-membered cyclic amide) rings is 1. The average Bonchev–Trinajstić information content (AvgIpc) is 2.98. The fourth-order valence-corrected chi connectivity index (χ4v) is 4.60. The first kappa shape index (κ1) is 20.3. The summed E-state index contributed by atoms with van der Waals surface area (Å²) in [6.07, 6.45) is 0.598. The molecule has 1 N–H and O–H groups in total. The van der Waals surface area contributed by atoms with Crippen molar-refractivity contribution in [1.82, 2.24) is 4.90 Å². The quantitative estimate of drug-likeness (QED) is 0.306. The number of non-ortho nitro benzene ring substituents is 1. The number of ether oxygens (including phenoxy) is 1. The SMILES string of the molecule is CC(C)C1C(=O)N2C(C(=O)OCc3ccc([N+](=O)[O-])cc3)=C(SCCO)CC12. The van der Waals surface area contributed by atoms with Crippen molar-refractivity contribution < 1.29 is 24.4 Å². The van der Waals surface area contributed by atoms with Gasteiger partial charge < -0.3 is 14.7 Å². The zero-order valence-corrected chi connectivity index (χ0v) is 16.5. The van der Waals surface area contributed by atoms with Gasteiger partial charge in [-0.1, -0.05) is 13.8 Å². The highest BCUT2D eigenvalue weighted by molar-refractivity contribution is 8.03. The number of amides is 1. The largest absolute Gasteiger partial charge is 0.456 e. The lowest BCUT2D eigenvalue weighted by Crippen LogP contribution is -2.60. The summed E-state index contributed by atoms with van der Waals surface area (Å²) in [7, 11) is 0. The molecule has 28 heavy (non-hydrogen) atoms. The third kappa shape index (κ3) is 3.77. The molecule has 0 aromatic heterocycles. The maximum Gasteiger partial charge on any atom is 0.356 e. The van der Waals surface area contributed by atoms with Gasteiger partial charge in [0, 0.05) is 29.2 Å². The summed E-state index contributed by atoms with van der Waals surface area (Å²) in [4.78, 5) is 37.8. The highest BCUT2D eigenvalue weighted by Crippen LogP contribution is 2.48. The van der Waals surface area contributed by atoms with Crippen LogP contribution in [0.2, 0.25) is 0 Å². The number of nitro benzene ring substituents is 1. The van der Waals surface area contributed by atoms with E-state index in [1.165, 1.54) is 40.9 Å². The molecule has 3 rings (SSSR count). The van der Waals surface area contributed by atoms with Gasteiger partial charge in [0.1, 0.15) is 12.3 Å². The predicted molar refractivity (Wildman–Crippen MR) is 103 cm³/mol. The van der Waals surface area contributed by atoms with E-state index in [2.05, 4.69) is 0 Å². The minimum atomic E-state index is -0.586. The van der Waals surface area contributed by atoms with Crippen LogP contribution < -0.4 is 0 Å². The Morgan fingerprint density at radius 3 is 2.64 bits per heavy atom. The number of carbonyl (C=O) groups is 2. The van der Waals surface area contributed by atoms with Gasteiger partial charge in [0.2, 0.25) is 5.91 Å². The van der Waals surface area contributed by atoms with Gasteiger partial charge in [-0.05, 0) is 23.6 Å². The Kier molecular flexibility index (Phi) is 6.04. The molecular weight excluding hydrogens is 384 g/mol. The third-order valence-electron chi connectivity index (χ3n) is 4.96. The van der Waals surface area contributed by atoms with E-state index in [4.69, 9.17) is 9.84 Å². The van der Waals surface area contributed by atoms with Gasteiger partial charge >= 0.3 is 5.97 Å². The van der Waals surface area contributed by atoms with Crippen molar-refractivity contribution in [1.29, 1.82) is 0 Å². The van der Waals surface area contributed by atoms with Gasteiger partial charge in [-0.25, -0.2) is 4.79 Å². The number of hydrogen-bond donors (Lipinski definition) is 1. The topological polar surface area (TPSA) is 110 Å². The summed E-state index contributed by atoms with van der Waals surface area (Å²) in [6, 6.07) is 5.73. The highest BCUT2D eigenvalue weighted by Gasteiger charge is 2.56. The van der Waals surface area contributed by atoms with Gasteiger partial charge in [0.15, 0.2) is 0 Å². The molecule has 1 fully saturated rings. The van der Waals surface area contributed by atoms with Crippen LogP contribution in [0.5, 0.6) is 0 Å². The Bertz CT molecular complexity index is 820. The molecular formula is C19H22N2O6S. The Hall–Kier alpha value is -2.39. The van der Waals surface area contributed by atoms with E-state index in [1.54, 1.807) is 0 Å². The number of aliphatic hydroxyl groups excluding tert-OH is 1. The van der Waals surface area contributed by atoms with Crippen molar-refractivity contribution in [2.75, 3.05) is 12.4 Å². The minimum Gasteiger partial charge on any atom is -0.456 e. The lowest BCUT2D eigenvalue weighted by Gasteiger charge is -2.45. The normalized spacial score (nSPS) is 21.0. The number of hydrogen-bond acceptors (Lipinski definition) is 7. The summed E-state index contributed by atoms with van der Waals surface area (Å²) in [5, 5.41) is 19.8. The Labute approximate surface area is 166 Å². The number of benzene rings is 1. The molecule has 1 saturated heterocycles. The monoisotopic (exact) mass is 406 g/mol. The molecule has 8 nitrogen and oxygen atoms in total. The van der Waals surface area contributed by atoms with Crippen LogP contribution in [0.25, 0.3) is 0 Å². The molecule has 150 valence electrons. The van der Waals surface area contributed by atoms with Gasteiger partial charge in [0.05, 0.1) is 23.5 Å². The second-order valence-electron chi connectivity index (χ2n) is 7.09. The van der Waals surface area contributed by atoms with Crippen LogP contribution in [0.15, 0.2) is 34.9 Å². The highest BCUT2D eigenvalue weighted by atomic mass is 32.2. The number of nitrogens with zero attached hydrogens (tertiary/aromatic N) is 2. The summed E-state index contributed by atoms with van der Waals surface area (Å²) in [5.74, 6) is -0.132. The van der Waals surface area contributed by atoms with Crippen molar-refractivity contribution in [2.45, 2.75) is 32.9 Å². The molecule has 2 aliphatic rings. The second-order valence-corrected chi connectivity index (χ2v) is 8.28. The summed E-state index contributed by atoms with van der Waals surface area (Å²) in [6.45, 7) is 3.92. The molecule has 2 unspecified atom stereocenters. The molecule has 2 atom stereocenters.